The Morgan fingerprint density at radius 1 is 1.30 bits per heavy atom. The summed E-state index contributed by atoms with van der Waals surface area (Å²) in [6, 6.07) is 7.89. The average molecular weight is 337 g/mol. The fourth-order valence-corrected chi connectivity index (χ4v) is 4.15. The van der Waals surface area contributed by atoms with Gasteiger partial charge in [-0.05, 0) is 38.3 Å². The predicted octanol–water partition coefficient (Wildman–Crippen LogP) is 2.44. The maximum Gasteiger partial charge on any atom is 0.250 e. The lowest BCUT2D eigenvalue weighted by molar-refractivity contribution is -0.118. The molecular formula is C17H23NO4S. The van der Waals surface area contributed by atoms with Gasteiger partial charge in [0.25, 0.3) is 5.91 Å². The Morgan fingerprint density at radius 3 is 2.61 bits per heavy atom. The zero-order valence-corrected chi connectivity index (χ0v) is 14.4. The molecule has 0 aromatic heterocycles. The maximum absolute atomic E-state index is 12.4. The average Bonchev–Trinajstić information content (AvgIpc) is 2.55. The quantitative estimate of drug-likeness (QED) is 0.865. The summed E-state index contributed by atoms with van der Waals surface area (Å²) in [5, 5.41) is 2.84. The molecule has 0 saturated carbocycles. The number of amides is 1. The van der Waals surface area contributed by atoms with E-state index in [9.17, 15) is 13.2 Å². The van der Waals surface area contributed by atoms with Crippen LogP contribution < -0.4 is 5.32 Å². The Balaban J connectivity index is 2.07. The van der Waals surface area contributed by atoms with Crippen LogP contribution in [-0.2, 0) is 19.4 Å². The first-order valence-electron chi connectivity index (χ1n) is 7.85. The highest BCUT2D eigenvalue weighted by molar-refractivity contribution is 7.91. The summed E-state index contributed by atoms with van der Waals surface area (Å²) in [6.07, 6.45) is 2.02. The van der Waals surface area contributed by atoms with Crippen molar-refractivity contribution < 1.29 is 17.9 Å². The van der Waals surface area contributed by atoms with E-state index in [-0.39, 0.29) is 16.6 Å². The minimum atomic E-state index is -3.42. The zero-order chi connectivity index (χ0) is 16.9. The van der Waals surface area contributed by atoms with Gasteiger partial charge in [0.15, 0.2) is 9.84 Å². The molecule has 0 spiro atoms. The van der Waals surface area contributed by atoms with E-state index in [2.05, 4.69) is 5.32 Å². The molecule has 5 nitrogen and oxygen atoms in total. The summed E-state index contributed by atoms with van der Waals surface area (Å²) < 4.78 is 30.3. The first-order chi connectivity index (χ1) is 10.9. The number of carbonyl (C=O) groups is 1. The van der Waals surface area contributed by atoms with Crippen LogP contribution in [0.1, 0.15) is 33.1 Å². The van der Waals surface area contributed by atoms with Crippen molar-refractivity contribution in [2.75, 3.05) is 12.4 Å². The van der Waals surface area contributed by atoms with E-state index in [1.54, 1.807) is 37.3 Å². The second-order valence-corrected chi connectivity index (χ2v) is 7.69. The molecule has 0 fully saturated rings. The molecule has 1 amide bonds. The van der Waals surface area contributed by atoms with E-state index in [4.69, 9.17) is 4.74 Å². The Kier molecular flexibility index (Phi) is 5.82. The number of allylic oxidation sites excluding steroid dienone is 1. The normalized spacial score (nSPS) is 16.6. The molecular weight excluding hydrogens is 314 g/mol. The van der Waals surface area contributed by atoms with E-state index < -0.39 is 15.9 Å². The van der Waals surface area contributed by atoms with Crippen LogP contribution in [-0.4, -0.2) is 32.7 Å². The SMILES string of the molecule is CCC(CS(=O)(=O)c1ccccc1)NC(=O)C1=C(C)OCCC1. The summed E-state index contributed by atoms with van der Waals surface area (Å²) in [7, 11) is -3.42. The van der Waals surface area contributed by atoms with Gasteiger partial charge in [-0.3, -0.25) is 4.79 Å². The number of hydrogen-bond donors (Lipinski definition) is 1. The van der Waals surface area contributed by atoms with Gasteiger partial charge < -0.3 is 10.1 Å². The van der Waals surface area contributed by atoms with Crippen LogP contribution in [0.5, 0.6) is 0 Å². The first kappa shape index (κ1) is 17.5. The molecule has 1 unspecified atom stereocenters. The van der Waals surface area contributed by atoms with Crippen LogP contribution in [0.15, 0.2) is 46.6 Å². The second kappa shape index (κ2) is 7.64. The van der Waals surface area contributed by atoms with Gasteiger partial charge in [-0.2, -0.15) is 0 Å². The Morgan fingerprint density at radius 2 is 2.00 bits per heavy atom. The molecule has 1 atom stereocenters. The number of nitrogens with one attached hydrogen (secondary N) is 1. The molecule has 1 aliphatic rings. The molecule has 0 radical (unpaired) electrons. The van der Waals surface area contributed by atoms with E-state index in [0.717, 1.165) is 6.42 Å². The number of ether oxygens (including phenoxy) is 1. The topological polar surface area (TPSA) is 72.5 Å². The van der Waals surface area contributed by atoms with Gasteiger partial charge in [-0.15, -0.1) is 0 Å². The monoisotopic (exact) mass is 337 g/mol. The molecule has 1 aliphatic heterocycles. The van der Waals surface area contributed by atoms with Crippen molar-refractivity contribution in [1.82, 2.24) is 5.32 Å². The van der Waals surface area contributed by atoms with Gasteiger partial charge in [0.05, 0.1) is 22.8 Å². The van der Waals surface area contributed by atoms with Gasteiger partial charge in [-0.1, -0.05) is 25.1 Å². The molecule has 1 aromatic carbocycles. The van der Waals surface area contributed by atoms with Crippen molar-refractivity contribution in [3.05, 3.63) is 41.7 Å². The number of hydrogen-bond acceptors (Lipinski definition) is 4. The minimum absolute atomic E-state index is 0.105. The van der Waals surface area contributed by atoms with Crippen LogP contribution in [0.25, 0.3) is 0 Å². The fourth-order valence-electron chi connectivity index (χ4n) is 2.53. The second-order valence-electron chi connectivity index (χ2n) is 5.66. The largest absolute Gasteiger partial charge is 0.498 e. The Hall–Kier alpha value is -1.82. The number of benzene rings is 1. The van der Waals surface area contributed by atoms with Crippen molar-refractivity contribution in [1.29, 1.82) is 0 Å². The highest BCUT2D eigenvalue weighted by Crippen LogP contribution is 2.19. The molecule has 6 heteroatoms. The first-order valence-corrected chi connectivity index (χ1v) is 9.50. The molecule has 2 rings (SSSR count). The third-order valence-electron chi connectivity index (χ3n) is 3.94. The van der Waals surface area contributed by atoms with Crippen molar-refractivity contribution in [2.45, 2.75) is 44.0 Å². The van der Waals surface area contributed by atoms with Gasteiger partial charge in [0.1, 0.15) is 5.76 Å². The lowest BCUT2D eigenvalue weighted by Crippen LogP contribution is -2.40. The Labute approximate surface area is 137 Å². The summed E-state index contributed by atoms with van der Waals surface area (Å²) in [6.45, 7) is 4.27. The number of carbonyl (C=O) groups excluding carboxylic acids is 1. The smallest absolute Gasteiger partial charge is 0.250 e. The molecule has 1 N–H and O–H groups in total. The summed E-state index contributed by atoms with van der Waals surface area (Å²) in [5.41, 5.74) is 0.617. The van der Waals surface area contributed by atoms with Crippen LogP contribution in [0.4, 0.5) is 0 Å². The third-order valence-corrected chi connectivity index (χ3v) is 5.77. The third kappa shape index (κ3) is 4.58. The molecule has 126 valence electrons. The predicted molar refractivity (Wildman–Crippen MR) is 88.6 cm³/mol. The van der Waals surface area contributed by atoms with Crippen LogP contribution in [0, 0.1) is 0 Å². The zero-order valence-electron chi connectivity index (χ0n) is 13.5. The van der Waals surface area contributed by atoms with E-state index in [0.29, 0.717) is 30.8 Å². The van der Waals surface area contributed by atoms with Gasteiger partial charge >= 0.3 is 0 Å². The van der Waals surface area contributed by atoms with Gasteiger partial charge in [0, 0.05) is 6.04 Å². The van der Waals surface area contributed by atoms with Crippen LogP contribution >= 0.6 is 0 Å². The summed E-state index contributed by atoms with van der Waals surface area (Å²) in [5.74, 6) is 0.304. The van der Waals surface area contributed by atoms with E-state index in [1.807, 2.05) is 6.92 Å². The van der Waals surface area contributed by atoms with E-state index in [1.165, 1.54) is 0 Å². The van der Waals surface area contributed by atoms with Gasteiger partial charge in [-0.25, -0.2) is 8.42 Å². The van der Waals surface area contributed by atoms with Crippen molar-refractivity contribution >= 4 is 15.7 Å². The van der Waals surface area contributed by atoms with Crippen LogP contribution in [0.3, 0.4) is 0 Å². The highest BCUT2D eigenvalue weighted by atomic mass is 32.2. The molecule has 1 heterocycles. The fraction of sp³-hybridized carbons (Fsp3) is 0.471. The van der Waals surface area contributed by atoms with Gasteiger partial charge in [0.2, 0.25) is 0 Å². The maximum atomic E-state index is 12.4. The molecule has 0 aliphatic carbocycles. The lowest BCUT2D eigenvalue weighted by atomic mass is 10.1. The van der Waals surface area contributed by atoms with E-state index >= 15 is 0 Å². The number of sulfone groups is 1. The minimum Gasteiger partial charge on any atom is -0.498 e. The lowest BCUT2D eigenvalue weighted by Gasteiger charge is -2.22. The standard InChI is InChI=1S/C17H23NO4S/c1-3-14(12-23(20,21)15-8-5-4-6-9-15)18-17(19)16-10-7-11-22-13(16)2/h4-6,8-9,14H,3,7,10-12H2,1-2H3,(H,18,19). The highest BCUT2D eigenvalue weighted by Gasteiger charge is 2.24. The molecule has 23 heavy (non-hydrogen) atoms. The van der Waals surface area contributed by atoms with Crippen molar-refractivity contribution in [3.8, 4) is 0 Å². The van der Waals surface area contributed by atoms with Crippen molar-refractivity contribution in [3.63, 3.8) is 0 Å². The van der Waals surface area contributed by atoms with Crippen LogP contribution in [0.2, 0.25) is 0 Å². The molecule has 0 saturated heterocycles. The van der Waals surface area contributed by atoms with Crippen molar-refractivity contribution in [2.24, 2.45) is 0 Å². The Bertz CT molecular complexity index is 680. The summed E-state index contributed by atoms with van der Waals surface area (Å²) in [4.78, 5) is 12.6. The summed E-state index contributed by atoms with van der Waals surface area (Å²) >= 11 is 0. The molecule has 1 aromatic rings. The molecule has 0 bridgehead atoms. The number of rotatable bonds is 6.